The number of anilines is 2. The quantitative estimate of drug-likeness (QED) is 0.782. The molecule has 1 N–H and O–H groups in total. The highest BCUT2D eigenvalue weighted by Crippen LogP contribution is 2.25. The van der Waals surface area contributed by atoms with Crippen molar-refractivity contribution in [1.82, 2.24) is 19.7 Å². The Morgan fingerprint density at radius 1 is 1.32 bits per heavy atom. The molecule has 0 aliphatic rings. The van der Waals surface area contributed by atoms with Crippen LogP contribution in [0.5, 0.6) is 0 Å². The highest BCUT2D eigenvalue weighted by atomic mass is 35.5. The summed E-state index contributed by atoms with van der Waals surface area (Å²) in [6, 6.07) is 4.39. The molecular formula is C12H9ClFN5. The number of benzene rings is 1. The lowest BCUT2D eigenvalue weighted by molar-refractivity contribution is 0.628. The molecule has 0 fully saturated rings. The average Bonchev–Trinajstić information content (AvgIpc) is 2.77. The summed E-state index contributed by atoms with van der Waals surface area (Å²) in [6.45, 7) is 0. The third kappa shape index (κ3) is 2.10. The maximum absolute atomic E-state index is 13.1. The number of hydrogen-bond donors (Lipinski definition) is 1. The Balaban J connectivity index is 2.03. The van der Waals surface area contributed by atoms with Gasteiger partial charge in [0.25, 0.3) is 0 Å². The van der Waals surface area contributed by atoms with Crippen molar-refractivity contribution in [2.24, 2.45) is 7.05 Å². The smallest absolute Gasteiger partial charge is 0.163 e. The Morgan fingerprint density at radius 2 is 2.16 bits per heavy atom. The van der Waals surface area contributed by atoms with Crippen molar-refractivity contribution >= 4 is 34.1 Å². The van der Waals surface area contributed by atoms with Crippen LogP contribution in [0.15, 0.2) is 30.7 Å². The molecule has 0 saturated heterocycles. The lowest BCUT2D eigenvalue weighted by Crippen LogP contribution is -1.97. The summed E-state index contributed by atoms with van der Waals surface area (Å²) in [5.74, 6) is 0.141. The van der Waals surface area contributed by atoms with Crippen LogP contribution in [-0.4, -0.2) is 19.7 Å². The summed E-state index contributed by atoms with van der Waals surface area (Å²) in [5.41, 5.74) is 1.36. The van der Waals surface area contributed by atoms with Gasteiger partial charge in [-0.15, -0.1) is 0 Å². The molecule has 2 aromatic heterocycles. The lowest BCUT2D eigenvalue weighted by atomic mass is 10.3. The van der Waals surface area contributed by atoms with Crippen molar-refractivity contribution in [3.63, 3.8) is 0 Å². The van der Waals surface area contributed by atoms with Gasteiger partial charge in [-0.05, 0) is 18.2 Å². The molecule has 96 valence electrons. The molecule has 0 spiro atoms. The zero-order valence-corrected chi connectivity index (χ0v) is 10.7. The topological polar surface area (TPSA) is 55.6 Å². The number of nitrogens with one attached hydrogen (secondary N) is 1. The Hall–Kier alpha value is -2.21. The van der Waals surface area contributed by atoms with Crippen LogP contribution in [-0.2, 0) is 7.05 Å². The maximum atomic E-state index is 13.1. The number of aryl methyl sites for hydroxylation is 1. The Kier molecular flexibility index (Phi) is 2.79. The van der Waals surface area contributed by atoms with Gasteiger partial charge < -0.3 is 5.32 Å². The molecule has 0 unspecified atom stereocenters. The van der Waals surface area contributed by atoms with Gasteiger partial charge in [0.2, 0.25) is 0 Å². The van der Waals surface area contributed by atoms with Crippen LogP contribution in [0.3, 0.4) is 0 Å². The standard InChI is InChI=1S/C12H9ClFN5/c1-19-12-8(5-17-19)11(15-6-16-12)18-7-2-3-10(14)9(13)4-7/h2-6H,1H3,(H,15,16,18). The molecule has 0 radical (unpaired) electrons. The van der Waals surface area contributed by atoms with E-state index in [1.54, 1.807) is 24.0 Å². The molecule has 0 aliphatic carbocycles. The van der Waals surface area contributed by atoms with E-state index >= 15 is 0 Å². The summed E-state index contributed by atoms with van der Waals surface area (Å²) in [7, 11) is 1.80. The van der Waals surface area contributed by atoms with Crippen molar-refractivity contribution in [2.45, 2.75) is 0 Å². The molecule has 19 heavy (non-hydrogen) atoms. The van der Waals surface area contributed by atoms with Gasteiger partial charge in [0.1, 0.15) is 18.0 Å². The van der Waals surface area contributed by atoms with E-state index in [0.29, 0.717) is 17.2 Å². The van der Waals surface area contributed by atoms with E-state index in [2.05, 4.69) is 20.4 Å². The monoisotopic (exact) mass is 277 g/mol. The van der Waals surface area contributed by atoms with Crippen molar-refractivity contribution < 1.29 is 4.39 Å². The van der Waals surface area contributed by atoms with Crippen molar-refractivity contribution in [1.29, 1.82) is 0 Å². The van der Waals surface area contributed by atoms with E-state index in [1.807, 2.05) is 0 Å². The molecule has 0 bridgehead atoms. The summed E-state index contributed by atoms with van der Waals surface area (Å²) in [4.78, 5) is 8.29. The van der Waals surface area contributed by atoms with E-state index < -0.39 is 5.82 Å². The van der Waals surface area contributed by atoms with Crippen molar-refractivity contribution in [2.75, 3.05) is 5.32 Å². The Labute approximate surface area is 113 Å². The molecule has 7 heteroatoms. The zero-order valence-electron chi connectivity index (χ0n) is 9.93. The fraction of sp³-hybridized carbons (Fsp3) is 0.0833. The normalized spacial score (nSPS) is 10.9. The minimum atomic E-state index is -0.457. The molecule has 0 atom stereocenters. The predicted octanol–water partition coefficient (Wildman–Crippen LogP) is 2.90. The van der Waals surface area contributed by atoms with Gasteiger partial charge >= 0.3 is 0 Å². The van der Waals surface area contributed by atoms with Gasteiger partial charge in [-0.3, -0.25) is 4.68 Å². The number of hydrogen-bond acceptors (Lipinski definition) is 4. The van der Waals surface area contributed by atoms with Crippen LogP contribution in [0.2, 0.25) is 5.02 Å². The van der Waals surface area contributed by atoms with Gasteiger partial charge in [0, 0.05) is 12.7 Å². The lowest BCUT2D eigenvalue weighted by Gasteiger charge is -2.06. The average molecular weight is 278 g/mol. The van der Waals surface area contributed by atoms with Gasteiger partial charge in [-0.2, -0.15) is 5.10 Å². The van der Waals surface area contributed by atoms with Crippen LogP contribution in [0, 0.1) is 5.82 Å². The largest absolute Gasteiger partial charge is 0.339 e. The van der Waals surface area contributed by atoms with E-state index in [4.69, 9.17) is 11.6 Å². The third-order valence-electron chi connectivity index (χ3n) is 2.71. The molecule has 3 rings (SSSR count). The molecule has 5 nitrogen and oxygen atoms in total. The number of halogens is 2. The second kappa shape index (κ2) is 4.47. The molecule has 0 aliphatic heterocycles. The molecule has 2 heterocycles. The van der Waals surface area contributed by atoms with Gasteiger partial charge in [-0.1, -0.05) is 11.6 Å². The van der Waals surface area contributed by atoms with Crippen molar-refractivity contribution in [3.05, 3.63) is 41.6 Å². The summed E-state index contributed by atoms with van der Waals surface area (Å²) in [6.07, 6.45) is 3.11. The first-order chi connectivity index (χ1) is 9.15. The number of nitrogens with zero attached hydrogens (tertiary/aromatic N) is 4. The van der Waals surface area contributed by atoms with E-state index in [9.17, 15) is 4.39 Å². The van der Waals surface area contributed by atoms with Crippen molar-refractivity contribution in [3.8, 4) is 0 Å². The zero-order chi connectivity index (χ0) is 13.4. The first kappa shape index (κ1) is 11.9. The Bertz CT molecular complexity index is 755. The van der Waals surface area contributed by atoms with Crippen LogP contribution >= 0.6 is 11.6 Å². The minimum Gasteiger partial charge on any atom is -0.339 e. The Morgan fingerprint density at radius 3 is 2.95 bits per heavy atom. The highest BCUT2D eigenvalue weighted by Gasteiger charge is 2.08. The van der Waals surface area contributed by atoms with E-state index in [0.717, 1.165) is 5.39 Å². The van der Waals surface area contributed by atoms with E-state index in [-0.39, 0.29) is 5.02 Å². The van der Waals surface area contributed by atoms with Crippen LogP contribution in [0.1, 0.15) is 0 Å². The first-order valence-electron chi connectivity index (χ1n) is 5.50. The van der Waals surface area contributed by atoms with E-state index in [1.165, 1.54) is 18.5 Å². The second-order valence-corrected chi connectivity index (χ2v) is 4.39. The van der Waals surface area contributed by atoms with Crippen LogP contribution in [0.25, 0.3) is 11.0 Å². The summed E-state index contributed by atoms with van der Waals surface area (Å²) >= 11 is 5.74. The fourth-order valence-electron chi connectivity index (χ4n) is 1.77. The third-order valence-corrected chi connectivity index (χ3v) is 3.00. The fourth-order valence-corrected chi connectivity index (χ4v) is 1.95. The molecule has 1 aromatic carbocycles. The number of aromatic nitrogens is 4. The molecular weight excluding hydrogens is 269 g/mol. The van der Waals surface area contributed by atoms with Gasteiger partial charge in [0.05, 0.1) is 16.6 Å². The second-order valence-electron chi connectivity index (χ2n) is 3.98. The number of fused-ring (bicyclic) bond motifs is 1. The maximum Gasteiger partial charge on any atom is 0.163 e. The highest BCUT2D eigenvalue weighted by molar-refractivity contribution is 6.31. The van der Waals surface area contributed by atoms with Gasteiger partial charge in [0.15, 0.2) is 5.65 Å². The minimum absolute atomic E-state index is 0.0569. The first-order valence-corrected chi connectivity index (χ1v) is 5.88. The van der Waals surface area contributed by atoms with Crippen LogP contribution < -0.4 is 5.32 Å². The SMILES string of the molecule is Cn1ncc2c(Nc3ccc(F)c(Cl)c3)ncnc21. The van der Waals surface area contributed by atoms with Crippen LogP contribution in [0.4, 0.5) is 15.9 Å². The van der Waals surface area contributed by atoms with Gasteiger partial charge in [-0.25, -0.2) is 14.4 Å². The molecule has 0 amide bonds. The molecule has 0 saturated carbocycles. The summed E-state index contributed by atoms with van der Waals surface area (Å²) in [5, 5.41) is 8.03. The predicted molar refractivity (Wildman–Crippen MR) is 71.0 cm³/mol. The number of rotatable bonds is 2. The molecule has 3 aromatic rings. The summed E-state index contributed by atoms with van der Waals surface area (Å²) < 4.78 is 14.7.